The lowest BCUT2D eigenvalue weighted by Crippen LogP contribution is -2.44. The number of carbonyl (C=O) groups excluding carboxylic acids is 3. The Morgan fingerprint density at radius 3 is 2.28 bits per heavy atom. The molecule has 1 aliphatic rings. The van der Waals surface area contributed by atoms with Crippen molar-refractivity contribution in [2.75, 3.05) is 5.88 Å². The molecule has 0 N–H and O–H groups in total. The molecule has 1 heterocycles. The number of hydrogen-bond acceptors (Lipinski definition) is 5. The Bertz CT molecular complexity index is 698. The minimum atomic E-state index is -1.13. The molecule has 0 bridgehead atoms. The lowest BCUT2D eigenvalue weighted by Gasteiger charge is -2.27. The van der Waals surface area contributed by atoms with E-state index in [2.05, 4.69) is 0 Å². The lowest BCUT2D eigenvalue weighted by atomic mass is 10.1. The predicted octanol–water partition coefficient (Wildman–Crippen LogP) is 4.37. The second kappa shape index (κ2) is 6.88. The molecule has 8 heteroatoms. The van der Waals surface area contributed by atoms with Gasteiger partial charge in [0.25, 0.3) is 5.91 Å². The van der Waals surface area contributed by atoms with Crippen LogP contribution in [0.5, 0.6) is 0 Å². The van der Waals surface area contributed by atoms with E-state index in [4.69, 9.17) is 16.3 Å². The third-order valence-electron chi connectivity index (χ3n) is 3.57. The first-order chi connectivity index (χ1) is 11.4. The normalized spacial score (nSPS) is 17.2. The second-order valence-corrected chi connectivity index (χ2v) is 8.57. The topological polar surface area (TPSA) is 66.9 Å². The van der Waals surface area contributed by atoms with Gasteiger partial charge in [-0.1, -0.05) is 11.6 Å². The average Bonchev–Trinajstić information content (AvgIpc) is 2.63. The molecule has 4 amide bonds. The van der Waals surface area contributed by atoms with Gasteiger partial charge in [0.1, 0.15) is 11.1 Å². The van der Waals surface area contributed by atoms with E-state index in [0.29, 0.717) is 9.92 Å². The number of carbonyl (C=O) groups is 3. The Labute approximate surface area is 156 Å². The minimum Gasteiger partial charge on any atom is -0.443 e. The maximum absolute atomic E-state index is 12.6. The van der Waals surface area contributed by atoms with Crippen molar-refractivity contribution < 1.29 is 19.1 Å². The van der Waals surface area contributed by atoms with Crippen molar-refractivity contribution in [2.24, 2.45) is 0 Å². The van der Waals surface area contributed by atoms with Crippen molar-refractivity contribution in [1.29, 1.82) is 0 Å². The maximum atomic E-state index is 12.6. The summed E-state index contributed by atoms with van der Waals surface area (Å²) in [7, 11) is 0. The van der Waals surface area contributed by atoms with Crippen LogP contribution in [0.4, 0.5) is 9.59 Å². The summed E-state index contributed by atoms with van der Waals surface area (Å²) in [4.78, 5) is 40.3. The molecule has 2 rings (SSSR count). The van der Waals surface area contributed by atoms with Gasteiger partial charge in [-0.2, -0.15) is 4.90 Å². The fraction of sp³-hybridized carbons (Fsp3) is 0.471. The summed E-state index contributed by atoms with van der Waals surface area (Å²) in [6.07, 6.45) is -0.949. The number of nitrogens with zero attached hydrogens (tertiary/aromatic N) is 2. The van der Waals surface area contributed by atoms with Gasteiger partial charge in [0.15, 0.2) is 0 Å². The van der Waals surface area contributed by atoms with Crippen molar-refractivity contribution in [3.8, 4) is 0 Å². The van der Waals surface area contributed by atoms with Crippen LogP contribution in [0.2, 0.25) is 5.02 Å². The van der Waals surface area contributed by atoms with Gasteiger partial charge in [0.05, 0.1) is 5.88 Å². The Morgan fingerprint density at radius 2 is 1.76 bits per heavy atom. The molecule has 0 unspecified atom stereocenters. The third kappa shape index (κ3) is 4.27. The van der Waals surface area contributed by atoms with Gasteiger partial charge >= 0.3 is 12.1 Å². The van der Waals surface area contributed by atoms with Crippen molar-refractivity contribution in [2.45, 2.75) is 50.7 Å². The van der Waals surface area contributed by atoms with E-state index in [-0.39, 0.29) is 5.88 Å². The van der Waals surface area contributed by atoms with Crippen LogP contribution >= 0.6 is 23.4 Å². The highest BCUT2D eigenvalue weighted by molar-refractivity contribution is 7.99. The Hall–Kier alpha value is -1.73. The lowest BCUT2D eigenvalue weighted by molar-refractivity contribution is -0.131. The van der Waals surface area contributed by atoms with E-state index in [1.165, 1.54) is 16.7 Å². The van der Waals surface area contributed by atoms with Gasteiger partial charge in [0.2, 0.25) is 0 Å². The van der Waals surface area contributed by atoms with E-state index in [9.17, 15) is 14.4 Å². The monoisotopic (exact) mass is 384 g/mol. The molecule has 1 aromatic rings. The third-order valence-corrected chi connectivity index (χ3v) is 4.82. The SMILES string of the molecule is CC(C)(C)OC(=O)N1C(=O)N(CSc2ccc(Cl)cc2)C(C)(C)C1=O. The van der Waals surface area contributed by atoms with E-state index in [0.717, 1.165) is 4.90 Å². The highest BCUT2D eigenvalue weighted by Crippen LogP contribution is 2.32. The van der Waals surface area contributed by atoms with Gasteiger partial charge in [-0.25, -0.2) is 9.59 Å². The smallest absolute Gasteiger partial charge is 0.425 e. The molecule has 0 atom stereocenters. The molecule has 1 fully saturated rings. The van der Waals surface area contributed by atoms with Crippen LogP contribution in [0, 0.1) is 0 Å². The maximum Gasteiger partial charge on any atom is 0.425 e. The number of thioether (sulfide) groups is 1. The van der Waals surface area contributed by atoms with Crippen molar-refractivity contribution in [1.82, 2.24) is 9.80 Å². The Kier molecular flexibility index (Phi) is 5.39. The van der Waals surface area contributed by atoms with Crippen molar-refractivity contribution in [3.63, 3.8) is 0 Å². The Balaban J connectivity index is 2.15. The highest BCUT2D eigenvalue weighted by atomic mass is 35.5. The molecule has 1 aromatic carbocycles. The first kappa shape index (κ1) is 19.6. The Morgan fingerprint density at radius 1 is 1.20 bits per heavy atom. The summed E-state index contributed by atoms with van der Waals surface area (Å²) in [5, 5.41) is 0.619. The molecule has 0 radical (unpaired) electrons. The molecule has 1 saturated heterocycles. The molecule has 6 nitrogen and oxygen atoms in total. The van der Waals surface area contributed by atoms with Crippen molar-refractivity contribution in [3.05, 3.63) is 29.3 Å². The molecule has 0 saturated carbocycles. The average molecular weight is 385 g/mol. The molecule has 136 valence electrons. The summed E-state index contributed by atoms with van der Waals surface area (Å²) in [5.41, 5.74) is -1.93. The van der Waals surface area contributed by atoms with Crippen LogP contribution in [-0.4, -0.2) is 44.8 Å². The van der Waals surface area contributed by atoms with E-state index in [1.54, 1.807) is 46.8 Å². The minimum absolute atomic E-state index is 0.221. The number of rotatable bonds is 3. The zero-order chi connectivity index (χ0) is 19.0. The molecule has 0 aliphatic carbocycles. The first-order valence-electron chi connectivity index (χ1n) is 7.71. The number of benzene rings is 1. The van der Waals surface area contributed by atoms with E-state index in [1.807, 2.05) is 12.1 Å². The van der Waals surface area contributed by atoms with E-state index >= 15 is 0 Å². The number of urea groups is 1. The van der Waals surface area contributed by atoms with Crippen LogP contribution in [0.15, 0.2) is 29.2 Å². The van der Waals surface area contributed by atoms with Gasteiger partial charge in [-0.15, -0.1) is 11.8 Å². The molecular weight excluding hydrogens is 364 g/mol. The predicted molar refractivity (Wildman–Crippen MR) is 96.6 cm³/mol. The summed E-state index contributed by atoms with van der Waals surface area (Å²) in [5.74, 6) is -0.373. The van der Waals surface area contributed by atoms with Gasteiger partial charge < -0.3 is 9.64 Å². The number of halogens is 1. The molecule has 0 spiro atoms. The van der Waals surface area contributed by atoms with Crippen LogP contribution in [0.1, 0.15) is 34.6 Å². The van der Waals surface area contributed by atoms with Crippen LogP contribution < -0.4 is 0 Å². The molecular formula is C17H21ClN2O4S. The number of amides is 4. The van der Waals surface area contributed by atoms with Crippen LogP contribution in [0.3, 0.4) is 0 Å². The largest absolute Gasteiger partial charge is 0.443 e. The van der Waals surface area contributed by atoms with Gasteiger partial charge in [-0.3, -0.25) is 4.79 Å². The summed E-state index contributed by atoms with van der Waals surface area (Å²) >= 11 is 7.23. The fourth-order valence-electron chi connectivity index (χ4n) is 2.19. The quantitative estimate of drug-likeness (QED) is 0.571. The molecule has 0 aromatic heterocycles. The van der Waals surface area contributed by atoms with Gasteiger partial charge in [-0.05, 0) is 58.9 Å². The fourth-order valence-corrected chi connectivity index (χ4v) is 3.36. The number of imide groups is 3. The first-order valence-corrected chi connectivity index (χ1v) is 9.07. The van der Waals surface area contributed by atoms with Crippen LogP contribution in [0.25, 0.3) is 0 Å². The number of hydrogen-bond donors (Lipinski definition) is 0. The second-order valence-electron chi connectivity index (χ2n) is 7.12. The zero-order valence-corrected chi connectivity index (χ0v) is 16.4. The summed E-state index contributed by atoms with van der Waals surface area (Å²) < 4.78 is 5.18. The van der Waals surface area contributed by atoms with Crippen LogP contribution in [-0.2, 0) is 9.53 Å². The van der Waals surface area contributed by atoms with Crippen molar-refractivity contribution >= 4 is 41.4 Å². The number of ether oxygens (including phenoxy) is 1. The highest BCUT2D eigenvalue weighted by Gasteiger charge is 2.54. The van der Waals surface area contributed by atoms with E-state index < -0.39 is 29.2 Å². The standard InChI is InChI=1S/C17H21ClN2O4S/c1-16(2,3)24-15(23)20-13(21)17(4,5)19(14(20)22)10-25-12-8-6-11(18)7-9-12/h6-9H,10H2,1-5H3. The molecule has 25 heavy (non-hydrogen) atoms. The molecule has 1 aliphatic heterocycles. The van der Waals surface area contributed by atoms with Gasteiger partial charge in [0, 0.05) is 9.92 Å². The summed E-state index contributed by atoms with van der Waals surface area (Å²) in [6.45, 7) is 8.25. The summed E-state index contributed by atoms with van der Waals surface area (Å²) in [6, 6.07) is 6.48. The zero-order valence-electron chi connectivity index (χ0n) is 14.8.